The highest BCUT2D eigenvalue weighted by molar-refractivity contribution is 4.69. The Kier molecular flexibility index (Phi) is 2.44. The van der Waals surface area contributed by atoms with E-state index in [9.17, 15) is 0 Å². The molecule has 0 unspecified atom stereocenters. The van der Waals surface area contributed by atoms with E-state index in [4.69, 9.17) is 5.26 Å². The molecule has 0 bridgehead atoms. The molecule has 8 heavy (non-hydrogen) atoms. The quantitative estimate of drug-likeness (QED) is 0.443. The van der Waals surface area contributed by atoms with Crippen LogP contribution in [0.3, 0.4) is 0 Å². The van der Waals surface area contributed by atoms with Gasteiger partial charge in [0.25, 0.3) is 0 Å². The Bertz CT molecular complexity index is 66.9. The van der Waals surface area contributed by atoms with Gasteiger partial charge in [-0.2, -0.15) is 0 Å². The van der Waals surface area contributed by atoms with Crippen LogP contribution in [0.5, 0.6) is 0 Å². The molecule has 0 aromatic carbocycles. The van der Waals surface area contributed by atoms with Crippen molar-refractivity contribution in [2.24, 2.45) is 5.92 Å². The third-order valence-corrected chi connectivity index (χ3v) is 1.63. The van der Waals surface area contributed by atoms with Crippen LogP contribution in [0.4, 0.5) is 0 Å². The summed E-state index contributed by atoms with van der Waals surface area (Å²) < 4.78 is 0. The largest absolute Gasteiger partial charge is 0.251 e. The molecule has 0 radical (unpaired) electrons. The Hall–Kier alpha value is -0.0800. The van der Waals surface area contributed by atoms with E-state index < -0.39 is 5.60 Å². The van der Waals surface area contributed by atoms with Gasteiger partial charge in [-0.15, -0.1) is 0 Å². The lowest BCUT2D eigenvalue weighted by atomic mass is 9.95. The zero-order valence-corrected chi connectivity index (χ0v) is 5.93. The van der Waals surface area contributed by atoms with Crippen molar-refractivity contribution >= 4 is 0 Å². The van der Waals surface area contributed by atoms with Crippen LogP contribution in [-0.4, -0.2) is 10.9 Å². The first kappa shape index (κ1) is 7.92. The summed E-state index contributed by atoms with van der Waals surface area (Å²) in [6.07, 6.45) is 0. The smallest absolute Gasteiger partial charge is 0.1000 e. The number of hydrogen-bond donors (Lipinski definition) is 1. The van der Waals surface area contributed by atoms with Crippen LogP contribution in [0, 0.1) is 5.92 Å². The van der Waals surface area contributed by atoms with Gasteiger partial charge in [-0.25, -0.2) is 4.89 Å². The highest BCUT2D eigenvalue weighted by Gasteiger charge is 2.22. The minimum Gasteiger partial charge on any atom is -0.251 e. The lowest BCUT2D eigenvalue weighted by molar-refractivity contribution is -0.323. The highest BCUT2D eigenvalue weighted by Crippen LogP contribution is 2.17. The van der Waals surface area contributed by atoms with E-state index in [0.29, 0.717) is 5.92 Å². The molecule has 0 aromatic rings. The number of hydrogen-bond acceptors (Lipinski definition) is 2. The molecule has 0 spiro atoms. The van der Waals surface area contributed by atoms with Crippen LogP contribution < -0.4 is 0 Å². The predicted octanol–water partition coefficient (Wildman–Crippen LogP) is 1.91. The average molecular weight is 118 g/mol. The Morgan fingerprint density at radius 1 is 1.38 bits per heavy atom. The Morgan fingerprint density at radius 2 is 1.75 bits per heavy atom. The summed E-state index contributed by atoms with van der Waals surface area (Å²) in [5.41, 5.74) is -0.403. The third kappa shape index (κ3) is 1.80. The van der Waals surface area contributed by atoms with E-state index in [-0.39, 0.29) is 0 Å². The summed E-state index contributed by atoms with van der Waals surface area (Å²) in [5, 5.41) is 8.26. The van der Waals surface area contributed by atoms with Crippen molar-refractivity contribution in [3.63, 3.8) is 0 Å². The molecular weight excluding hydrogens is 104 g/mol. The first-order valence-corrected chi connectivity index (χ1v) is 2.83. The summed E-state index contributed by atoms with van der Waals surface area (Å²) in [6, 6.07) is 0. The molecule has 0 saturated carbocycles. The summed E-state index contributed by atoms with van der Waals surface area (Å²) in [5.74, 6) is 0.340. The molecule has 0 aliphatic rings. The van der Waals surface area contributed by atoms with Crippen LogP contribution in [0.25, 0.3) is 0 Å². The van der Waals surface area contributed by atoms with Gasteiger partial charge in [0.05, 0.1) is 5.60 Å². The van der Waals surface area contributed by atoms with Gasteiger partial charge in [-0.05, 0) is 19.8 Å². The molecule has 2 nitrogen and oxygen atoms in total. The van der Waals surface area contributed by atoms with Gasteiger partial charge < -0.3 is 0 Å². The second-order valence-electron chi connectivity index (χ2n) is 2.85. The third-order valence-electron chi connectivity index (χ3n) is 1.63. The van der Waals surface area contributed by atoms with Gasteiger partial charge >= 0.3 is 0 Å². The first-order valence-electron chi connectivity index (χ1n) is 2.83. The first-order chi connectivity index (χ1) is 3.50. The van der Waals surface area contributed by atoms with Gasteiger partial charge in [-0.3, -0.25) is 5.26 Å². The minimum absolute atomic E-state index is 0.340. The van der Waals surface area contributed by atoms with E-state index in [0.717, 1.165) is 0 Å². The number of rotatable bonds is 2. The van der Waals surface area contributed by atoms with Gasteiger partial charge in [-0.1, -0.05) is 13.8 Å². The maximum Gasteiger partial charge on any atom is 0.1000 e. The molecule has 50 valence electrons. The zero-order valence-electron chi connectivity index (χ0n) is 5.93. The molecule has 0 aliphatic heterocycles. The van der Waals surface area contributed by atoms with Crippen molar-refractivity contribution in [1.82, 2.24) is 0 Å². The molecule has 1 N–H and O–H groups in total. The van der Waals surface area contributed by atoms with E-state index in [1.807, 2.05) is 27.7 Å². The fourth-order valence-electron chi connectivity index (χ4n) is 0.105. The average Bonchev–Trinajstić information content (AvgIpc) is 1.67. The van der Waals surface area contributed by atoms with E-state index in [1.165, 1.54) is 0 Å². The van der Waals surface area contributed by atoms with Crippen LogP contribution in [0.2, 0.25) is 0 Å². The maximum atomic E-state index is 8.26. The van der Waals surface area contributed by atoms with Crippen molar-refractivity contribution in [2.75, 3.05) is 0 Å². The summed E-state index contributed by atoms with van der Waals surface area (Å²) in [7, 11) is 0. The second-order valence-corrected chi connectivity index (χ2v) is 2.85. The van der Waals surface area contributed by atoms with Crippen molar-refractivity contribution in [3.05, 3.63) is 0 Å². The van der Waals surface area contributed by atoms with E-state index in [1.54, 1.807) is 0 Å². The molecule has 0 heterocycles. The van der Waals surface area contributed by atoms with Crippen LogP contribution in [0.1, 0.15) is 27.7 Å². The van der Waals surface area contributed by atoms with Crippen LogP contribution in [0.15, 0.2) is 0 Å². The Labute approximate surface area is 50.4 Å². The Balaban J connectivity index is 3.71. The van der Waals surface area contributed by atoms with Gasteiger partial charge in [0.2, 0.25) is 0 Å². The van der Waals surface area contributed by atoms with Crippen molar-refractivity contribution in [1.29, 1.82) is 0 Å². The highest BCUT2D eigenvalue weighted by atomic mass is 17.1. The van der Waals surface area contributed by atoms with Crippen LogP contribution >= 0.6 is 0 Å². The molecule has 0 atom stereocenters. The molecule has 0 rings (SSSR count). The van der Waals surface area contributed by atoms with Crippen molar-refractivity contribution in [3.8, 4) is 0 Å². The standard InChI is InChI=1S/C6H14O2/c1-5(2)6(3,4)8-7/h5,7H,1-4H3. The van der Waals surface area contributed by atoms with Gasteiger partial charge in [0.1, 0.15) is 0 Å². The lowest BCUT2D eigenvalue weighted by Gasteiger charge is -2.24. The SMILES string of the molecule is CC(C)C(C)(C)OO. The molecule has 0 saturated heterocycles. The topological polar surface area (TPSA) is 29.5 Å². The van der Waals surface area contributed by atoms with Gasteiger partial charge in [0.15, 0.2) is 0 Å². The molecule has 0 amide bonds. The van der Waals surface area contributed by atoms with Gasteiger partial charge in [0, 0.05) is 0 Å². The predicted molar refractivity (Wildman–Crippen MR) is 32.6 cm³/mol. The Morgan fingerprint density at radius 3 is 1.75 bits per heavy atom. The minimum atomic E-state index is -0.403. The molecule has 0 aromatic heterocycles. The maximum absolute atomic E-state index is 8.26. The van der Waals surface area contributed by atoms with Crippen LogP contribution in [-0.2, 0) is 4.89 Å². The monoisotopic (exact) mass is 118 g/mol. The fraction of sp³-hybridized carbons (Fsp3) is 1.00. The fourth-order valence-corrected chi connectivity index (χ4v) is 0.105. The van der Waals surface area contributed by atoms with E-state index in [2.05, 4.69) is 4.89 Å². The van der Waals surface area contributed by atoms with Crippen molar-refractivity contribution in [2.45, 2.75) is 33.3 Å². The van der Waals surface area contributed by atoms with E-state index >= 15 is 0 Å². The van der Waals surface area contributed by atoms with Crippen molar-refractivity contribution < 1.29 is 10.1 Å². The molecular formula is C6H14O2. The zero-order chi connectivity index (χ0) is 6.78. The normalized spacial score (nSPS) is 12.8. The summed E-state index contributed by atoms with van der Waals surface area (Å²) >= 11 is 0. The molecule has 0 aliphatic carbocycles. The summed E-state index contributed by atoms with van der Waals surface area (Å²) in [4.78, 5) is 4.20. The lowest BCUT2D eigenvalue weighted by Crippen LogP contribution is -2.29. The molecule has 2 heteroatoms. The summed E-state index contributed by atoms with van der Waals surface area (Å²) in [6.45, 7) is 7.68. The second kappa shape index (κ2) is 2.46. The molecule has 0 fully saturated rings.